The van der Waals surface area contributed by atoms with Crippen molar-refractivity contribution in [3.8, 4) is 0 Å². The summed E-state index contributed by atoms with van der Waals surface area (Å²) >= 11 is 17.1. The highest BCUT2D eigenvalue weighted by molar-refractivity contribution is 6.55. The molecule has 98 valence electrons. The molecule has 2 nitrogen and oxygen atoms in total. The smallest absolute Gasteiger partial charge is 0.306 e. The van der Waals surface area contributed by atoms with Gasteiger partial charge in [-0.2, -0.15) is 0 Å². The lowest BCUT2D eigenvalue weighted by molar-refractivity contribution is -0.143. The lowest BCUT2D eigenvalue weighted by Crippen LogP contribution is -2.09. The van der Waals surface area contributed by atoms with Gasteiger partial charge in [-0.25, -0.2) is 0 Å². The number of rotatable bonds is 5. The first kappa shape index (κ1) is 15.4. The summed E-state index contributed by atoms with van der Waals surface area (Å²) in [5, 5.41) is 0.634. The molecule has 0 aliphatic carbocycles. The van der Waals surface area contributed by atoms with E-state index in [1.54, 1.807) is 25.1 Å². The molecule has 1 rings (SSSR count). The van der Waals surface area contributed by atoms with Crippen molar-refractivity contribution < 1.29 is 9.53 Å². The highest BCUT2D eigenvalue weighted by Gasteiger charge is 2.15. The molecule has 0 bridgehead atoms. The zero-order chi connectivity index (χ0) is 13.5. The van der Waals surface area contributed by atoms with Gasteiger partial charge in [-0.15, -0.1) is 0 Å². The van der Waals surface area contributed by atoms with Gasteiger partial charge in [-0.3, -0.25) is 4.79 Å². The Labute approximate surface area is 121 Å². The maximum absolute atomic E-state index is 11.5. The number of allylic oxidation sites excluding steroid dienone is 1. The number of benzene rings is 1. The molecule has 1 aromatic rings. The maximum atomic E-state index is 11.5. The van der Waals surface area contributed by atoms with E-state index >= 15 is 0 Å². The number of ether oxygens (including phenoxy) is 1. The molecule has 1 unspecified atom stereocenters. The lowest BCUT2D eigenvalue weighted by Gasteiger charge is -2.12. The third kappa shape index (κ3) is 5.30. The standard InChI is InChI=1S/C13H13Cl3O2/c1-2-18-13(17)8-10(7-12(15)16)9-3-5-11(14)6-4-9/h3-7,10H,2,8H2,1H3. The molecule has 0 amide bonds. The van der Waals surface area contributed by atoms with Gasteiger partial charge in [0.25, 0.3) is 0 Å². The number of carbonyl (C=O) groups is 1. The van der Waals surface area contributed by atoms with Crippen LogP contribution < -0.4 is 0 Å². The summed E-state index contributed by atoms with van der Waals surface area (Å²) in [6.07, 6.45) is 1.81. The molecule has 0 radical (unpaired) electrons. The molecule has 0 aliphatic rings. The zero-order valence-electron chi connectivity index (χ0n) is 9.83. The SMILES string of the molecule is CCOC(=O)CC(C=C(Cl)Cl)c1ccc(Cl)cc1. The summed E-state index contributed by atoms with van der Waals surface area (Å²) in [5.74, 6) is -0.505. The van der Waals surface area contributed by atoms with Crippen LogP contribution in [0.2, 0.25) is 5.02 Å². The van der Waals surface area contributed by atoms with Gasteiger partial charge in [0.15, 0.2) is 0 Å². The summed E-state index contributed by atoms with van der Waals surface area (Å²) in [7, 11) is 0. The van der Waals surface area contributed by atoms with E-state index in [4.69, 9.17) is 39.5 Å². The lowest BCUT2D eigenvalue weighted by atomic mass is 9.96. The average molecular weight is 308 g/mol. The van der Waals surface area contributed by atoms with Crippen LogP contribution >= 0.6 is 34.8 Å². The molecule has 0 N–H and O–H groups in total. The fourth-order valence-electron chi connectivity index (χ4n) is 1.53. The monoisotopic (exact) mass is 306 g/mol. The Balaban J connectivity index is 2.88. The first-order valence-electron chi connectivity index (χ1n) is 5.46. The number of esters is 1. The Morgan fingerprint density at radius 2 is 1.94 bits per heavy atom. The molecular formula is C13H13Cl3O2. The second-order valence-electron chi connectivity index (χ2n) is 3.62. The number of hydrogen-bond donors (Lipinski definition) is 0. The van der Waals surface area contributed by atoms with E-state index in [1.165, 1.54) is 0 Å². The van der Waals surface area contributed by atoms with Crippen LogP contribution in [0.1, 0.15) is 24.8 Å². The molecule has 0 heterocycles. The minimum absolute atomic E-state index is 0.124. The summed E-state index contributed by atoms with van der Waals surface area (Å²) < 4.78 is 5.04. The average Bonchev–Trinajstić information content (AvgIpc) is 2.28. The summed E-state index contributed by atoms with van der Waals surface area (Å²) in [6, 6.07) is 7.18. The van der Waals surface area contributed by atoms with Gasteiger partial charge in [0.1, 0.15) is 4.49 Å². The van der Waals surface area contributed by atoms with Crippen molar-refractivity contribution in [3.05, 3.63) is 45.4 Å². The minimum Gasteiger partial charge on any atom is -0.466 e. The van der Waals surface area contributed by atoms with Gasteiger partial charge in [0.05, 0.1) is 13.0 Å². The van der Waals surface area contributed by atoms with E-state index in [9.17, 15) is 4.79 Å². The van der Waals surface area contributed by atoms with Crippen LogP contribution in [0.15, 0.2) is 34.8 Å². The van der Waals surface area contributed by atoms with Crippen molar-refractivity contribution in [1.29, 1.82) is 0 Å². The quantitative estimate of drug-likeness (QED) is 0.737. The molecule has 0 aromatic heterocycles. The van der Waals surface area contributed by atoms with Gasteiger partial charge >= 0.3 is 5.97 Å². The molecule has 0 spiro atoms. The maximum Gasteiger partial charge on any atom is 0.306 e. The van der Waals surface area contributed by atoms with Crippen molar-refractivity contribution in [2.75, 3.05) is 6.61 Å². The van der Waals surface area contributed by atoms with Crippen LogP contribution in [-0.4, -0.2) is 12.6 Å². The van der Waals surface area contributed by atoms with E-state index in [-0.39, 0.29) is 22.8 Å². The fraction of sp³-hybridized carbons (Fsp3) is 0.308. The first-order chi connectivity index (χ1) is 8.52. The molecule has 5 heteroatoms. The molecule has 1 aromatic carbocycles. The molecular weight excluding hydrogens is 294 g/mol. The summed E-state index contributed by atoms with van der Waals surface area (Å²) in [6.45, 7) is 2.12. The van der Waals surface area contributed by atoms with Crippen molar-refractivity contribution in [1.82, 2.24) is 0 Å². The molecule has 0 aliphatic heterocycles. The van der Waals surface area contributed by atoms with E-state index in [0.29, 0.717) is 11.6 Å². The zero-order valence-corrected chi connectivity index (χ0v) is 12.1. The van der Waals surface area contributed by atoms with Gasteiger partial charge in [-0.1, -0.05) is 46.9 Å². The highest BCUT2D eigenvalue weighted by atomic mass is 35.5. The first-order valence-corrected chi connectivity index (χ1v) is 6.60. The summed E-state index contributed by atoms with van der Waals surface area (Å²) in [5.41, 5.74) is 0.909. The van der Waals surface area contributed by atoms with Crippen molar-refractivity contribution in [2.24, 2.45) is 0 Å². The highest BCUT2D eigenvalue weighted by Crippen LogP contribution is 2.26. The van der Waals surface area contributed by atoms with Crippen LogP contribution in [0.5, 0.6) is 0 Å². The largest absolute Gasteiger partial charge is 0.466 e. The second kappa shape index (κ2) is 7.67. The predicted octanol–water partition coefficient (Wildman–Crippen LogP) is 4.70. The van der Waals surface area contributed by atoms with E-state index < -0.39 is 0 Å². The van der Waals surface area contributed by atoms with Gasteiger partial charge < -0.3 is 4.74 Å². The Morgan fingerprint density at radius 1 is 1.33 bits per heavy atom. The van der Waals surface area contributed by atoms with E-state index in [2.05, 4.69) is 0 Å². The van der Waals surface area contributed by atoms with Gasteiger partial charge in [0, 0.05) is 10.9 Å². The van der Waals surface area contributed by atoms with Crippen molar-refractivity contribution >= 4 is 40.8 Å². The Morgan fingerprint density at radius 3 is 2.44 bits per heavy atom. The molecule has 0 saturated heterocycles. The number of hydrogen-bond acceptors (Lipinski definition) is 2. The van der Waals surface area contributed by atoms with E-state index in [1.807, 2.05) is 12.1 Å². The van der Waals surface area contributed by atoms with Crippen molar-refractivity contribution in [2.45, 2.75) is 19.3 Å². The van der Waals surface area contributed by atoms with Crippen LogP contribution in [0.25, 0.3) is 0 Å². The minimum atomic E-state index is -0.289. The Bertz CT molecular complexity index is 422. The van der Waals surface area contributed by atoms with Gasteiger partial charge in [-0.05, 0) is 30.7 Å². The second-order valence-corrected chi connectivity index (χ2v) is 5.07. The molecule has 0 fully saturated rings. The molecule has 18 heavy (non-hydrogen) atoms. The van der Waals surface area contributed by atoms with Crippen molar-refractivity contribution in [3.63, 3.8) is 0 Å². The fourth-order valence-corrected chi connectivity index (χ4v) is 1.96. The van der Waals surface area contributed by atoms with Gasteiger partial charge in [0.2, 0.25) is 0 Å². The Kier molecular flexibility index (Phi) is 6.55. The Hall–Kier alpha value is -0.700. The topological polar surface area (TPSA) is 26.3 Å². The third-order valence-corrected chi connectivity index (χ3v) is 2.82. The van der Waals surface area contributed by atoms with E-state index in [0.717, 1.165) is 5.56 Å². The van der Waals surface area contributed by atoms with Crippen LogP contribution in [-0.2, 0) is 9.53 Å². The predicted molar refractivity (Wildman–Crippen MR) is 75.2 cm³/mol. The third-order valence-electron chi connectivity index (χ3n) is 2.32. The summed E-state index contributed by atoms with van der Waals surface area (Å²) in [4.78, 5) is 11.5. The van der Waals surface area contributed by atoms with Crippen LogP contribution in [0, 0.1) is 0 Å². The van der Waals surface area contributed by atoms with Crippen LogP contribution in [0.3, 0.4) is 0 Å². The molecule has 1 atom stereocenters. The number of carbonyl (C=O) groups excluding carboxylic acids is 1. The van der Waals surface area contributed by atoms with Crippen LogP contribution in [0.4, 0.5) is 0 Å². The number of halogens is 3. The normalized spacial score (nSPS) is 11.8. The molecule has 0 saturated carbocycles.